The Labute approximate surface area is 92.2 Å². The van der Waals surface area contributed by atoms with E-state index in [0.29, 0.717) is 5.56 Å². The number of aryl methyl sites for hydroxylation is 1. The van der Waals surface area contributed by atoms with Gasteiger partial charge in [-0.3, -0.25) is 4.98 Å². The number of benzene rings is 1. The van der Waals surface area contributed by atoms with E-state index in [-0.39, 0.29) is 0 Å². The third-order valence-corrected chi connectivity index (χ3v) is 2.40. The zero-order valence-corrected chi connectivity index (χ0v) is 8.71. The second kappa shape index (κ2) is 3.90. The number of aromatic nitrogens is 1. The smallest absolute Gasteiger partial charge is 0.337 e. The number of carboxylic acids is 1. The summed E-state index contributed by atoms with van der Waals surface area (Å²) in [6, 6.07) is 8.63. The van der Waals surface area contributed by atoms with Crippen LogP contribution in [0.25, 0.3) is 10.9 Å². The van der Waals surface area contributed by atoms with E-state index in [1.54, 1.807) is 18.2 Å². The summed E-state index contributed by atoms with van der Waals surface area (Å²) in [5.41, 5.74) is 2.06. The molecule has 1 atom stereocenters. The van der Waals surface area contributed by atoms with Crippen molar-refractivity contribution in [3.05, 3.63) is 41.6 Å². The molecular formula is C12H11NO3. The zero-order valence-electron chi connectivity index (χ0n) is 8.71. The predicted octanol–water partition coefficient (Wildman–Crippen LogP) is 1.66. The highest BCUT2D eigenvalue weighted by molar-refractivity contribution is 5.82. The van der Waals surface area contributed by atoms with Gasteiger partial charge in [0, 0.05) is 11.1 Å². The monoisotopic (exact) mass is 217 g/mol. The number of aliphatic hydroxyl groups excluding tert-OH is 1. The molecule has 82 valence electrons. The molecule has 16 heavy (non-hydrogen) atoms. The van der Waals surface area contributed by atoms with Crippen molar-refractivity contribution in [3.63, 3.8) is 0 Å². The Hall–Kier alpha value is -1.94. The minimum atomic E-state index is -1.48. The summed E-state index contributed by atoms with van der Waals surface area (Å²) in [4.78, 5) is 14.9. The van der Waals surface area contributed by atoms with Crippen LogP contribution < -0.4 is 0 Å². The summed E-state index contributed by atoms with van der Waals surface area (Å²) in [6.45, 7) is 1.89. The fourth-order valence-corrected chi connectivity index (χ4v) is 1.56. The molecule has 0 spiro atoms. The number of rotatable bonds is 2. The maximum atomic E-state index is 10.6. The van der Waals surface area contributed by atoms with E-state index < -0.39 is 12.1 Å². The normalized spacial score (nSPS) is 12.6. The van der Waals surface area contributed by atoms with Crippen LogP contribution in [0.3, 0.4) is 0 Å². The molecule has 1 heterocycles. The van der Waals surface area contributed by atoms with Crippen molar-refractivity contribution in [1.29, 1.82) is 0 Å². The van der Waals surface area contributed by atoms with Crippen molar-refractivity contribution in [3.8, 4) is 0 Å². The molecule has 0 saturated carbocycles. The van der Waals surface area contributed by atoms with Crippen LogP contribution in [0.5, 0.6) is 0 Å². The van der Waals surface area contributed by atoms with Gasteiger partial charge in [0.1, 0.15) is 0 Å². The van der Waals surface area contributed by atoms with Crippen molar-refractivity contribution in [2.75, 3.05) is 0 Å². The van der Waals surface area contributed by atoms with Gasteiger partial charge < -0.3 is 10.2 Å². The third kappa shape index (κ3) is 1.87. The Kier molecular flexibility index (Phi) is 2.58. The fraction of sp³-hybridized carbons (Fsp3) is 0.167. The second-order valence-corrected chi connectivity index (χ2v) is 3.65. The standard InChI is InChI=1S/C12H11NO3/c1-7-2-3-8-6-9(11(14)12(15)16)4-5-10(8)13-7/h2-6,11,14H,1H3,(H,15,16). The summed E-state index contributed by atoms with van der Waals surface area (Å²) in [5.74, 6) is -1.25. The second-order valence-electron chi connectivity index (χ2n) is 3.65. The lowest BCUT2D eigenvalue weighted by molar-refractivity contribution is -0.146. The van der Waals surface area contributed by atoms with Crippen LogP contribution >= 0.6 is 0 Å². The van der Waals surface area contributed by atoms with Gasteiger partial charge >= 0.3 is 5.97 Å². The first-order valence-corrected chi connectivity index (χ1v) is 4.86. The first-order valence-electron chi connectivity index (χ1n) is 4.86. The number of carboxylic acid groups (broad SMARTS) is 1. The molecular weight excluding hydrogens is 206 g/mol. The van der Waals surface area contributed by atoms with Crippen LogP contribution in [0.2, 0.25) is 0 Å². The Morgan fingerprint density at radius 3 is 2.75 bits per heavy atom. The van der Waals surface area contributed by atoms with E-state index >= 15 is 0 Å². The third-order valence-electron chi connectivity index (χ3n) is 2.40. The van der Waals surface area contributed by atoms with Gasteiger partial charge in [0.15, 0.2) is 6.10 Å². The van der Waals surface area contributed by atoms with Crippen molar-refractivity contribution in [2.24, 2.45) is 0 Å². The summed E-state index contributed by atoms with van der Waals surface area (Å²) in [7, 11) is 0. The minimum absolute atomic E-state index is 0.366. The molecule has 4 heteroatoms. The average molecular weight is 217 g/mol. The first kappa shape index (κ1) is 10.6. The molecule has 1 aromatic heterocycles. The van der Waals surface area contributed by atoms with Gasteiger partial charge in [0.05, 0.1) is 5.52 Å². The fourth-order valence-electron chi connectivity index (χ4n) is 1.56. The van der Waals surface area contributed by atoms with E-state index in [2.05, 4.69) is 4.98 Å². The number of aliphatic hydroxyl groups is 1. The molecule has 4 nitrogen and oxygen atoms in total. The van der Waals surface area contributed by atoms with Crippen LogP contribution in [0.1, 0.15) is 17.4 Å². The number of aliphatic carboxylic acids is 1. The molecule has 0 aliphatic heterocycles. The molecule has 0 amide bonds. The largest absolute Gasteiger partial charge is 0.479 e. The van der Waals surface area contributed by atoms with E-state index in [9.17, 15) is 9.90 Å². The van der Waals surface area contributed by atoms with Gasteiger partial charge in [-0.15, -0.1) is 0 Å². The maximum Gasteiger partial charge on any atom is 0.337 e. The highest BCUT2D eigenvalue weighted by Crippen LogP contribution is 2.19. The van der Waals surface area contributed by atoms with Gasteiger partial charge in [0.25, 0.3) is 0 Å². The van der Waals surface area contributed by atoms with E-state index in [0.717, 1.165) is 16.6 Å². The number of pyridine rings is 1. The molecule has 0 fully saturated rings. The Morgan fingerprint density at radius 1 is 1.31 bits per heavy atom. The Balaban J connectivity index is 2.52. The van der Waals surface area contributed by atoms with Crippen LogP contribution in [0.15, 0.2) is 30.3 Å². The highest BCUT2D eigenvalue weighted by Gasteiger charge is 2.15. The number of fused-ring (bicyclic) bond motifs is 1. The lowest BCUT2D eigenvalue weighted by atomic mass is 10.1. The SMILES string of the molecule is Cc1ccc2cc(C(O)C(=O)O)ccc2n1. The minimum Gasteiger partial charge on any atom is -0.479 e. The molecule has 0 aliphatic carbocycles. The summed E-state index contributed by atoms with van der Waals surface area (Å²) in [6.07, 6.45) is -1.48. The number of carbonyl (C=O) groups is 1. The van der Waals surface area contributed by atoms with Crippen molar-refractivity contribution >= 4 is 16.9 Å². The summed E-state index contributed by atoms with van der Waals surface area (Å²) < 4.78 is 0. The van der Waals surface area contributed by atoms with Crippen molar-refractivity contribution in [2.45, 2.75) is 13.0 Å². The summed E-state index contributed by atoms with van der Waals surface area (Å²) >= 11 is 0. The van der Waals surface area contributed by atoms with Crippen molar-refractivity contribution < 1.29 is 15.0 Å². The molecule has 1 unspecified atom stereocenters. The molecule has 0 bridgehead atoms. The van der Waals surface area contributed by atoms with Gasteiger partial charge in [0.2, 0.25) is 0 Å². The topological polar surface area (TPSA) is 70.4 Å². The lowest BCUT2D eigenvalue weighted by Gasteiger charge is -2.07. The van der Waals surface area contributed by atoms with E-state index in [4.69, 9.17) is 5.11 Å². The van der Waals surface area contributed by atoms with Gasteiger partial charge in [-0.2, -0.15) is 0 Å². The van der Waals surface area contributed by atoms with Gasteiger partial charge in [-0.1, -0.05) is 12.1 Å². The molecule has 1 aromatic carbocycles. The first-order chi connectivity index (χ1) is 7.58. The van der Waals surface area contributed by atoms with Crippen molar-refractivity contribution in [1.82, 2.24) is 4.98 Å². The molecule has 0 aliphatic rings. The molecule has 2 rings (SSSR count). The Morgan fingerprint density at radius 2 is 2.06 bits per heavy atom. The molecule has 0 saturated heterocycles. The lowest BCUT2D eigenvalue weighted by Crippen LogP contribution is -2.10. The quantitative estimate of drug-likeness (QED) is 0.802. The van der Waals surface area contributed by atoms with Crippen LogP contribution in [-0.4, -0.2) is 21.2 Å². The maximum absolute atomic E-state index is 10.6. The number of nitrogens with zero attached hydrogens (tertiary/aromatic N) is 1. The van der Waals surface area contributed by atoms with Crippen LogP contribution in [0, 0.1) is 6.92 Å². The zero-order chi connectivity index (χ0) is 11.7. The number of hydrogen-bond donors (Lipinski definition) is 2. The summed E-state index contributed by atoms with van der Waals surface area (Å²) in [5, 5.41) is 18.9. The van der Waals surface area contributed by atoms with E-state index in [1.165, 1.54) is 0 Å². The molecule has 2 aromatic rings. The predicted molar refractivity (Wildman–Crippen MR) is 59.1 cm³/mol. The highest BCUT2D eigenvalue weighted by atomic mass is 16.4. The molecule has 2 N–H and O–H groups in total. The average Bonchev–Trinajstić information content (AvgIpc) is 2.27. The van der Waals surface area contributed by atoms with Gasteiger partial charge in [-0.25, -0.2) is 4.79 Å². The van der Waals surface area contributed by atoms with Gasteiger partial charge in [-0.05, 0) is 30.7 Å². The Bertz CT molecular complexity index is 551. The molecule has 0 radical (unpaired) electrons. The number of hydrogen-bond acceptors (Lipinski definition) is 3. The van der Waals surface area contributed by atoms with Crippen LogP contribution in [0.4, 0.5) is 0 Å². The van der Waals surface area contributed by atoms with Crippen LogP contribution in [-0.2, 0) is 4.79 Å². The van der Waals surface area contributed by atoms with E-state index in [1.807, 2.05) is 19.1 Å².